The Hall–Kier alpha value is -0.480. The van der Waals surface area contributed by atoms with Crippen molar-refractivity contribution < 1.29 is 4.55 Å². The lowest BCUT2D eigenvalue weighted by Crippen LogP contribution is -2.30. The van der Waals surface area contributed by atoms with E-state index in [1.807, 2.05) is 12.1 Å². The van der Waals surface area contributed by atoms with Gasteiger partial charge in [-0.3, -0.25) is 0 Å². The van der Waals surface area contributed by atoms with Crippen LogP contribution >= 0.6 is 23.6 Å². The predicted octanol–water partition coefficient (Wildman–Crippen LogP) is 5.04. The summed E-state index contributed by atoms with van der Waals surface area (Å²) in [4.78, 5) is 0. The third-order valence-electron chi connectivity index (χ3n) is 3.02. The van der Waals surface area contributed by atoms with Crippen LogP contribution in [0.3, 0.4) is 0 Å². The Morgan fingerprint density at radius 1 is 1.29 bits per heavy atom. The highest BCUT2D eigenvalue weighted by atomic mass is 35.5. The maximum atomic E-state index is 8.77. The van der Waals surface area contributed by atoms with Gasteiger partial charge in [0.25, 0.3) is 0 Å². The van der Waals surface area contributed by atoms with E-state index in [9.17, 15) is 0 Å². The second-order valence-electron chi connectivity index (χ2n) is 6.30. The first-order chi connectivity index (χ1) is 9.90. The minimum absolute atomic E-state index is 0.181. The van der Waals surface area contributed by atoms with Crippen molar-refractivity contribution in [2.45, 2.75) is 39.7 Å². The summed E-state index contributed by atoms with van der Waals surface area (Å²) in [6.45, 7) is 7.50. The third kappa shape index (κ3) is 9.20. The molecule has 1 atom stereocenters. The van der Waals surface area contributed by atoms with E-state index in [0.29, 0.717) is 6.04 Å². The summed E-state index contributed by atoms with van der Waals surface area (Å²) in [6.07, 6.45) is 6.40. The largest absolute Gasteiger partial charge is 0.330 e. The first-order valence-corrected chi connectivity index (χ1v) is 8.66. The van der Waals surface area contributed by atoms with Crippen LogP contribution in [0.15, 0.2) is 36.4 Å². The number of halogens is 1. The fraction of sp³-hybridized carbons (Fsp3) is 0.529. The second kappa shape index (κ2) is 9.52. The number of rotatable bonds is 8. The average Bonchev–Trinajstić information content (AvgIpc) is 2.42. The molecule has 1 unspecified atom stereocenters. The van der Waals surface area contributed by atoms with Crippen LogP contribution in [0.2, 0.25) is 5.02 Å². The van der Waals surface area contributed by atoms with Crippen molar-refractivity contribution in [2.24, 2.45) is 5.41 Å². The zero-order valence-corrected chi connectivity index (χ0v) is 14.7. The topological polar surface area (TPSA) is 32.3 Å². The van der Waals surface area contributed by atoms with Gasteiger partial charge in [-0.15, -0.1) is 0 Å². The van der Waals surface area contributed by atoms with E-state index >= 15 is 0 Å². The lowest BCUT2D eigenvalue weighted by Gasteiger charge is -2.18. The van der Waals surface area contributed by atoms with Gasteiger partial charge < -0.3 is 9.87 Å². The molecule has 1 rings (SSSR count). The third-order valence-corrected chi connectivity index (χ3v) is 3.74. The zero-order valence-electron chi connectivity index (χ0n) is 13.1. The van der Waals surface area contributed by atoms with Crippen molar-refractivity contribution in [1.29, 1.82) is 0 Å². The molecule has 21 heavy (non-hydrogen) atoms. The molecule has 0 heterocycles. The number of hydrogen-bond donors (Lipinski definition) is 2. The molecule has 0 radical (unpaired) electrons. The molecule has 118 valence electrons. The first-order valence-electron chi connectivity index (χ1n) is 7.34. The van der Waals surface area contributed by atoms with Crippen molar-refractivity contribution in [3.8, 4) is 0 Å². The maximum absolute atomic E-state index is 8.77. The maximum Gasteiger partial charge on any atom is 0.0406 e. The van der Waals surface area contributed by atoms with Crippen LogP contribution in [0, 0.1) is 5.41 Å². The predicted molar refractivity (Wildman–Crippen MR) is 95.2 cm³/mol. The van der Waals surface area contributed by atoms with E-state index in [2.05, 4.69) is 50.4 Å². The Balaban J connectivity index is 2.62. The van der Waals surface area contributed by atoms with Crippen molar-refractivity contribution in [3.63, 3.8) is 0 Å². The molecule has 2 N–H and O–H groups in total. The SMILES string of the molecule is CC(C)(C)/C=C/C(Cc1ccc(Cl)cc1)NCCCSO. The first kappa shape index (κ1) is 18.6. The summed E-state index contributed by atoms with van der Waals surface area (Å²) < 4.78 is 8.77. The van der Waals surface area contributed by atoms with Crippen LogP contribution in [-0.4, -0.2) is 22.9 Å². The van der Waals surface area contributed by atoms with Crippen LogP contribution in [0.5, 0.6) is 0 Å². The molecule has 2 nitrogen and oxygen atoms in total. The van der Waals surface area contributed by atoms with E-state index < -0.39 is 0 Å². The lowest BCUT2D eigenvalue weighted by molar-refractivity contribution is 0.528. The Kier molecular flexibility index (Phi) is 8.42. The molecule has 0 aliphatic heterocycles. The Labute approximate surface area is 138 Å². The van der Waals surface area contributed by atoms with Gasteiger partial charge in [-0.2, -0.15) is 0 Å². The van der Waals surface area contributed by atoms with Gasteiger partial charge in [-0.1, -0.05) is 56.7 Å². The van der Waals surface area contributed by atoms with Crippen molar-refractivity contribution in [3.05, 3.63) is 47.0 Å². The molecule has 0 bridgehead atoms. The highest BCUT2D eigenvalue weighted by Crippen LogP contribution is 2.16. The minimum atomic E-state index is 0.181. The molecule has 0 aromatic heterocycles. The van der Waals surface area contributed by atoms with Gasteiger partial charge in [0.15, 0.2) is 0 Å². The number of hydrogen-bond acceptors (Lipinski definition) is 3. The molecule has 0 amide bonds. The standard InChI is InChI=1S/C17H26ClNOS/c1-17(2,3)10-9-16(19-11-4-12-21-20)13-14-5-7-15(18)8-6-14/h5-10,16,19-20H,4,11-13H2,1-3H3/b10-9+. The number of allylic oxidation sites excluding steroid dienone is 1. The molecule has 4 heteroatoms. The second-order valence-corrected chi connectivity index (χ2v) is 7.41. The summed E-state index contributed by atoms with van der Waals surface area (Å²) in [5.74, 6) is 0.768. The van der Waals surface area contributed by atoms with Gasteiger partial charge in [0.05, 0.1) is 0 Å². The smallest absolute Gasteiger partial charge is 0.0406 e. The Morgan fingerprint density at radius 2 is 1.95 bits per heavy atom. The summed E-state index contributed by atoms with van der Waals surface area (Å²) in [6, 6.07) is 8.32. The number of nitrogens with one attached hydrogen (secondary N) is 1. The summed E-state index contributed by atoms with van der Waals surface area (Å²) in [5.41, 5.74) is 1.45. The quantitative estimate of drug-likeness (QED) is 0.398. The van der Waals surface area contributed by atoms with Gasteiger partial charge in [0.2, 0.25) is 0 Å². The minimum Gasteiger partial charge on any atom is -0.330 e. The zero-order chi connectivity index (χ0) is 15.7. The van der Waals surface area contributed by atoms with Gasteiger partial charge in [0.1, 0.15) is 0 Å². The highest BCUT2D eigenvalue weighted by molar-refractivity contribution is 7.93. The van der Waals surface area contributed by atoms with Crippen LogP contribution in [-0.2, 0) is 6.42 Å². The van der Waals surface area contributed by atoms with Crippen LogP contribution in [0.25, 0.3) is 0 Å². The van der Waals surface area contributed by atoms with Crippen molar-refractivity contribution in [1.82, 2.24) is 5.32 Å². The fourth-order valence-electron chi connectivity index (χ4n) is 1.91. The Bertz CT molecular complexity index is 425. The lowest BCUT2D eigenvalue weighted by atomic mass is 9.94. The van der Waals surface area contributed by atoms with E-state index in [1.165, 1.54) is 5.56 Å². The molecule has 0 fully saturated rings. The van der Waals surface area contributed by atoms with Crippen LogP contribution in [0.1, 0.15) is 32.8 Å². The van der Waals surface area contributed by atoms with E-state index in [0.717, 1.165) is 42.2 Å². The molecule has 0 aliphatic carbocycles. The van der Waals surface area contributed by atoms with Gasteiger partial charge in [-0.25, -0.2) is 0 Å². The van der Waals surface area contributed by atoms with Crippen LogP contribution in [0.4, 0.5) is 0 Å². The van der Waals surface area contributed by atoms with Gasteiger partial charge >= 0.3 is 0 Å². The summed E-state index contributed by atoms with van der Waals surface area (Å²) >= 11 is 6.84. The molecule has 0 saturated carbocycles. The molecule has 1 aromatic rings. The van der Waals surface area contributed by atoms with Gasteiger partial charge in [-0.05, 0) is 54.5 Å². The summed E-state index contributed by atoms with van der Waals surface area (Å²) in [7, 11) is 0. The molecular formula is C17H26ClNOS. The average molecular weight is 328 g/mol. The van der Waals surface area contributed by atoms with Crippen molar-refractivity contribution in [2.75, 3.05) is 12.3 Å². The highest BCUT2D eigenvalue weighted by Gasteiger charge is 2.09. The molecular weight excluding hydrogens is 302 g/mol. The van der Waals surface area contributed by atoms with E-state index in [-0.39, 0.29) is 5.41 Å². The monoisotopic (exact) mass is 327 g/mol. The Morgan fingerprint density at radius 3 is 2.52 bits per heavy atom. The molecule has 0 spiro atoms. The fourth-order valence-corrected chi connectivity index (χ4v) is 2.31. The molecule has 0 saturated heterocycles. The van der Waals surface area contributed by atoms with Crippen LogP contribution < -0.4 is 5.32 Å². The summed E-state index contributed by atoms with van der Waals surface area (Å²) in [5, 5.41) is 4.32. The van der Waals surface area contributed by atoms with E-state index in [1.54, 1.807) is 0 Å². The molecule has 1 aromatic carbocycles. The molecule has 0 aliphatic rings. The van der Waals surface area contributed by atoms with E-state index in [4.69, 9.17) is 16.2 Å². The number of benzene rings is 1. The normalized spacial score (nSPS) is 13.8. The van der Waals surface area contributed by atoms with Crippen molar-refractivity contribution >= 4 is 23.6 Å². The van der Waals surface area contributed by atoms with Gasteiger partial charge in [0, 0.05) is 16.8 Å².